The number of amides is 1. The van der Waals surface area contributed by atoms with Gasteiger partial charge >= 0.3 is 0 Å². The van der Waals surface area contributed by atoms with Crippen molar-refractivity contribution < 1.29 is 19.4 Å². The van der Waals surface area contributed by atoms with Crippen molar-refractivity contribution >= 4 is 28.8 Å². The van der Waals surface area contributed by atoms with E-state index in [1.54, 1.807) is 30.5 Å². The van der Waals surface area contributed by atoms with Crippen LogP contribution in [0.15, 0.2) is 72.4 Å². The van der Waals surface area contributed by atoms with Crippen molar-refractivity contribution in [3.63, 3.8) is 0 Å². The van der Waals surface area contributed by atoms with Gasteiger partial charge in [-0.25, -0.2) is 0 Å². The van der Waals surface area contributed by atoms with Gasteiger partial charge in [0.1, 0.15) is 17.6 Å². The van der Waals surface area contributed by atoms with E-state index >= 15 is 0 Å². The summed E-state index contributed by atoms with van der Waals surface area (Å²) in [5, 5.41) is 11.4. The predicted molar refractivity (Wildman–Crippen MR) is 137 cm³/mol. The van der Waals surface area contributed by atoms with E-state index in [4.69, 9.17) is 4.74 Å². The van der Waals surface area contributed by atoms with Crippen LogP contribution < -0.4 is 14.5 Å². The summed E-state index contributed by atoms with van der Waals surface area (Å²) in [6.07, 6.45) is 5.95. The molecule has 0 spiro atoms. The average molecular weight is 482 g/mol. The normalized spacial score (nSPS) is 20.9. The van der Waals surface area contributed by atoms with Crippen molar-refractivity contribution in [2.75, 3.05) is 29.5 Å². The summed E-state index contributed by atoms with van der Waals surface area (Å²) >= 11 is 0. The molecule has 3 aliphatic heterocycles. The molecule has 36 heavy (non-hydrogen) atoms. The predicted octanol–water partition coefficient (Wildman–Crippen LogP) is 4.63. The summed E-state index contributed by atoms with van der Waals surface area (Å²) in [6.45, 7) is 2.62. The standard InChI is InChI=1S/C29H27N3O4/c33-27(20-7-12-24-19(18-20)13-17-36-24)25-26(23-6-2-3-14-30-23)32(29(35)28(25)34)22-10-8-21(9-11-22)31-15-4-1-5-16-31/h2-3,6-12,14,18,26,33H,1,4-5,13,15-17H2/b27-25-. The highest BCUT2D eigenvalue weighted by Gasteiger charge is 2.47. The van der Waals surface area contributed by atoms with Crippen molar-refractivity contribution in [2.24, 2.45) is 0 Å². The molecule has 0 bridgehead atoms. The first-order chi connectivity index (χ1) is 17.6. The zero-order valence-electron chi connectivity index (χ0n) is 19.9. The molecule has 3 aliphatic rings. The summed E-state index contributed by atoms with van der Waals surface area (Å²) in [7, 11) is 0. The first-order valence-electron chi connectivity index (χ1n) is 12.4. The van der Waals surface area contributed by atoms with Crippen molar-refractivity contribution in [3.8, 4) is 5.75 Å². The van der Waals surface area contributed by atoms with Crippen LogP contribution in [0, 0.1) is 0 Å². The van der Waals surface area contributed by atoms with Crippen LogP contribution in [0.25, 0.3) is 5.76 Å². The van der Waals surface area contributed by atoms with Gasteiger partial charge in [-0.05, 0) is 79.4 Å². The first-order valence-corrected chi connectivity index (χ1v) is 12.4. The number of anilines is 2. The number of fused-ring (bicyclic) bond motifs is 1. The van der Waals surface area contributed by atoms with Gasteiger partial charge in [-0.1, -0.05) is 6.07 Å². The number of ether oxygens (including phenoxy) is 1. The van der Waals surface area contributed by atoms with Crippen LogP contribution in [0.2, 0.25) is 0 Å². The maximum Gasteiger partial charge on any atom is 0.300 e. The number of ketones is 1. The Kier molecular flexibility index (Phi) is 5.68. The molecule has 2 aromatic carbocycles. The molecule has 7 nitrogen and oxygen atoms in total. The molecule has 0 saturated carbocycles. The SMILES string of the molecule is O=C1C(=O)N(c2ccc(N3CCCCC3)cc2)C(c2ccccn2)/C1=C(/O)c1ccc2c(c1)CCO2. The van der Waals surface area contributed by atoms with E-state index in [0.29, 0.717) is 23.6 Å². The van der Waals surface area contributed by atoms with Gasteiger partial charge in [0, 0.05) is 42.6 Å². The number of nitrogens with zero attached hydrogens (tertiary/aromatic N) is 3. The molecule has 3 aromatic rings. The number of aliphatic hydroxyl groups is 1. The van der Waals surface area contributed by atoms with Crippen LogP contribution >= 0.6 is 0 Å². The maximum absolute atomic E-state index is 13.4. The molecule has 182 valence electrons. The molecule has 2 saturated heterocycles. The molecule has 6 rings (SSSR count). The zero-order valence-corrected chi connectivity index (χ0v) is 19.9. The fourth-order valence-corrected chi connectivity index (χ4v) is 5.38. The molecule has 1 atom stereocenters. The number of carbonyl (C=O) groups excluding carboxylic acids is 2. The van der Waals surface area contributed by atoms with Crippen LogP contribution in [0.5, 0.6) is 5.75 Å². The maximum atomic E-state index is 13.4. The summed E-state index contributed by atoms with van der Waals surface area (Å²) < 4.78 is 5.58. The Hall–Kier alpha value is -4.13. The molecule has 7 heteroatoms. The van der Waals surface area contributed by atoms with Crippen LogP contribution in [0.4, 0.5) is 11.4 Å². The van der Waals surface area contributed by atoms with Crippen LogP contribution in [0.3, 0.4) is 0 Å². The van der Waals surface area contributed by atoms with Gasteiger partial charge < -0.3 is 14.7 Å². The first kappa shape index (κ1) is 22.3. The number of aromatic nitrogens is 1. The van der Waals surface area contributed by atoms with Gasteiger partial charge in [-0.2, -0.15) is 0 Å². The lowest BCUT2D eigenvalue weighted by Gasteiger charge is -2.30. The fraction of sp³-hybridized carbons (Fsp3) is 0.276. The number of hydrogen-bond acceptors (Lipinski definition) is 6. The Morgan fingerprint density at radius 2 is 1.72 bits per heavy atom. The molecule has 2 fully saturated rings. The lowest BCUT2D eigenvalue weighted by molar-refractivity contribution is -0.132. The number of piperidine rings is 1. The molecular weight excluding hydrogens is 454 g/mol. The second-order valence-electron chi connectivity index (χ2n) is 9.41. The minimum atomic E-state index is -0.837. The minimum Gasteiger partial charge on any atom is -0.507 e. The molecule has 1 N–H and O–H groups in total. The molecular formula is C29H27N3O4. The fourth-order valence-electron chi connectivity index (χ4n) is 5.38. The van der Waals surface area contributed by atoms with Gasteiger partial charge in [0.2, 0.25) is 0 Å². The van der Waals surface area contributed by atoms with Crippen molar-refractivity contribution in [2.45, 2.75) is 31.7 Å². The monoisotopic (exact) mass is 481 g/mol. The van der Waals surface area contributed by atoms with Crippen molar-refractivity contribution in [1.29, 1.82) is 0 Å². The molecule has 0 radical (unpaired) electrons. The number of carbonyl (C=O) groups is 2. The molecule has 0 aliphatic carbocycles. The van der Waals surface area contributed by atoms with E-state index in [1.165, 1.54) is 24.2 Å². The third-order valence-corrected chi connectivity index (χ3v) is 7.22. The Labute approximate surface area is 209 Å². The van der Waals surface area contributed by atoms with Gasteiger partial charge in [0.05, 0.1) is 17.9 Å². The van der Waals surface area contributed by atoms with Gasteiger partial charge in [0.25, 0.3) is 11.7 Å². The second-order valence-corrected chi connectivity index (χ2v) is 9.41. The lowest BCUT2D eigenvalue weighted by atomic mass is 9.97. The van der Waals surface area contributed by atoms with Crippen LogP contribution in [-0.4, -0.2) is 41.5 Å². The lowest BCUT2D eigenvalue weighted by Crippen LogP contribution is -2.31. The quantitative estimate of drug-likeness (QED) is 0.332. The van der Waals surface area contributed by atoms with Crippen LogP contribution in [0.1, 0.15) is 42.1 Å². The number of hydrogen-bond donors (Lipinski definition) is 1. The zero-order chi connectivity index (χ0) is 24.6. The highest BCUT2D eigenvalue weighted by Crippen LogP contribution is 2.42. The van der Waals surface area contributed by atoms with Crippen LogP contribution in [-0.2, 0) is 16.0 Å². The largest absolute Gasteiger partial charge is 0.507 e. The molecule has 4 heterocycles. The Balaban J connectivity index is 1.43. The minimum absolute atomic E-state index is 0.0395. The average Bonchev–Trinajstić information content (AvgIpc) is 3.51. The molecule has 1 aromatic heterocycles. The third-order valence-electron chi connectivity index (χ3n) is 7.22. The number of benzene rings is 2. The number of Topliss-reactive ketones (excluding diaryl/α,β-unsaturated/α-hetero) is 1. The Morgan fingerprint density at radius 1 is 0.944 bits per heavy atom. The summed E-state index contributed by atoms with van der Waals surface area (Å²) in [5.74, 6) is -0.823. The van der Waals surface area contributed by atoms with E-state index in [2.05, 4.69) is 9.88 Å². The second kappa shape index (κ2) is 9.15. The summed E-state index contributed by atoms with van der Waals surface area (Å²) in [4.78, 5) is 35.0. The summed E-state index contributed by atoms with van der Waals surface area (Å²) in [5.41, 5.74) is 3.70. The number of aliphatic hydroxyl groups excluding tert-OH is 1. The smallest absolute Gasteiger partial charge is 0.300 e. The highest BCUT2D eigenvalue weighted by molar-refractivity contribution is 6.51. The van der Waals surface area contributed by atoms with E-state index in [-0.39, 0.29) is 11.3 Å². The number of pyridine rings is 1. The van der Waals surface area contributed by atoms with E-state index in [1.807, 2.05) is 36.4 Å². The van der Waals surface area contributed by atoms with E-state index in [0.717, 1.165) is 36.5 Å². The van der Waals surface area contributed by atoms with Crippen molar-refractivity contribution in [1.82, 2.24) is 4.98 Å². The Bertz CT molecular complexity index is 1340. The van der Waals surface area contributed by atoms with E-state index < -0.39 is 17.7 Å². The van der Waals surface area contributed by atoms with E-state index in [9.17, 15) is 14.7 Å². The van der Waals surface area contributed by atoms with Gasteiger partial charge in [-0.15, -0.1) is 0 Å². The van der Waals surface area contributed by atoms with Crippen molar-refractivity contribution in [3.05, 3.63) is 89.3 Å². The molecule has 1 unspecified atom stereocenters. The van der Waals surface area contributed by atoms with Gasteiger partial charge in [0.15, 0.2) is 0 Å². The Morgan fingerprint density at radius 3 is 2.47 bits per heavy atom. The molecule has 1 amide bonds. The van der Waals surface area contributed by atoms with Gasteiger partial charge in [-0.3, -0.25) is 19.5 Å². The third kappa shape index (κ3) is 3.81. The highest BCUT2D eigenvalue weighted by atomic mass is 16.5. The number of rotatable bonds is 4. The topological polar surface area (TPSA) is 83.0 Å². The summed E-state index contributed by atoms with van der Waals surface area (Å²) in [6, 6.07) is 17.6.